The standard InChI is InChI=1S/C35H38Cl2FN3O4/c1-33(2)10-12-34(13-11-33)18-23(27(42)15-19-3-5-20(6-4-19)25-17-28(43)45-41-25)29(22-9-14-39-31(37)30(22)38)35(34)24-8-7-21(36)16-26(24)40-32(35)44/h7-9,14,16,19-20,23,29H,3-6,10-13,15,17-18H2,1-2H3,(H,40,44)/t19?,20?,23-,29-,35+/m0/s1. The predicted octanol–water partition coefficient (Wildman–Crippen LogP) is 8.18. The molecule has 0 unspecified atom stereocenters. The largest absolute Gasteiger partial charge is 0.340 e. The number of Topliss-reactive ketones (excluding diaryl/α,β-unsaturated/α-hetero) is 1. The van der Waals surface area contributed by atoms with Crippen molar-refractivity contribution in [3.05, 3.63) is 57.6 Å². The van der Waals surface area contributed by atoms with E-state index >= 15 is 4.39 Å². The average Bonchev–Trinajstić information content (AvgIpc) is 3.65. The zero-order valence-electron chi connectivity index (χ0n) is 25.6. The molecular weight excluding hydrogens is 616 g/mol. The van der Waals surface area contributed by atoms with E-state index in [1.807, 2.05) is 6.07 Å². The number of aromatic nitrogens is 1. The van der Waals surface area contributed by atoms with Crippen molar-refractivity contribution in [3.63, 3.8) is 0 Å². The van der Waals surface area contributed by atoms with Gasteiger partial charge in [-0.1, -0.05) is 48.3 Å². The first-order valence-electron chi connectivity index (χ1n) is 16.1. The van der Waals surface area contributed by atoms with Gasteiger partial charge in [-0.15, -0.1) is 0 Å². The Balaban J connectivity index is 1.29. The first kappa shape index (κ1) is 30.8. The number of rotatable bonds is 5. The Labute approximate surface area is 272 Å². The molecule has 3 heterocycles. The average molecular weight is 655 g/mol. The summed E-state index contributed by atoms with van der Waals surface area (Å²) in [5, 5.41) is 7.34. The maximum Gasteiger partial charge on any atom is 0.340 e. The van der Waals surface area contributed by atoms with Gasteiger partial charge in [-0.2, -0.15) is 0 Å². The number of benzene rings is 1. The zero-order valence-corrected chi connectivity index (χ0v) is 27.1. The first-order valence-corrected chi connectivity index (χ1v) is 16.9. The number of ketones is 1. The highest BCUT2D eigenvalue weighted by molar-refractivity contribution is 6.31. The summed E-state index contributed by atoms with van der Waals surface area (Å²) in [5.41, 5.74) is 0.890. The maximum absolute atomic E-state index is 16.1. The molecule has 0 bridgehead atoms. The Kier molecular flexibility index (Phi) is 7.63. The highest BCUT2D eigenvalue weighted by Gasteiger charge is 2.72. The molecule has 3 atom stereocenters. The molecule has 3 saturated carbocycles. The van der Waals surface area contributed by atoms with Gasteiger partial charge in [-0.3, -0.25) is 9.59 Å². The Morgan fingerprint density at radius 3 is 2.49 bits per heavy atom. The topological polar surface area (TPSA) is 97.7 Å². The smallest absolute Gasteiger partial charge is 0.325 e. The van der Waals surface area contributed by atoms with Gasteiger partial charge in [0, 0.05) is 41.1 Å². The fraction of sp³-hybridized carbons (Fsp3) is 0.571. The third kappa shape index (κ3) is 4.93. The van der Waals surface area contributed by atoms with Crippen molar-refractivity contribution in [2.45, 2.75) is 95.8 Å². The molecule has 3 fully saturated rings. The second-order valence-electron chi connectivity index (χ2n) is 14.8. The summed E-state index contributed by atoms with van der Waals surface area (Å²) in [7, 11) is 0. The predicted molar refractivity (Wildman–Crippen MR) is 170 cm³/mol. The number of pyridine rings is 1. The summed E-state index contributed by atoms with van der Waals surface area (Å²) in [6.45, 7) is 4.50. The van der Waals surface area contributed by atoms with Gasteiger partial charge in [0.2, 0.25) is 5.91 Å². The molecule has 2 aromatic rings. The van der Waals surface area contributed by atoms with Gasteiger partial charge < -0.3 is 10.2 Å². The number of hydrogen-bond acceptors (Lipinski definition) is 6. The monoisotopic (exact) mass is 653 g/mol. The highest BCUT2D eigenvalue weighted by Crippen LogP contribution is 2.72. The minimum absolute atomic E-state index is 0.0730. The molecule has 0 radical (unpaired) electrons. The quantitative estimate of drug-likeness (QED) is 0.259. The molecule has 7 rings (SSSR count). The lowest BCUT2D eigenvalue weighted by atomic mass is 9.51. The molecule has 5 aliphatic rings. The van der Waals surface area contributed by atoms with Crippen LogP contribution in [0, 0.1) is 34.4 Å². The van der Waals surface area contributed by atoms with E-state index in [1.54, 1.807) is 18.2 Å². The summed E-state index contributed by atoms with van der Waals surface area (Å²) < 4.78 is 16.1. The fourth-order valence-electron chi connectivity index (χ4n) is 9.58. The molecule has 3 aliphatic carbocycles. The normalized spacial score (nSPS) is 31.5. The van der Waals surface area contributed by atoms with Gasteiger partial charge in [-0.05, 0) is 104 Å². The van der Waals surface area contributed by atoms with Crippen molar-refractivity contribution in [2.24, 2.45) is 33.7 Å². The SMILES string of the molecule is CC1(C)CCC2(CC1)C[C@@H](C(=O)CC1CCC(C3=NOC(=O)C3)CC1)[C@H](c1ccnc(Cl)c1F)[C@]21C(=O)Nc2cc(Cl)ccc21. The van der Waals surface area contributed by atoms with E-state index in [4.69, 9.17) is 28.0 Å². The third-order valence-electron chi connectivity index (χ3n) is 11.9. The number of oxime groups is 1. The second-order valence-corrected chi connectivity index (χ2v) is 15.6. The number of anilines is 1. The lowest BCUT2D eigenvalue weighted by Crippen LogP contribution is -2.52. The zero-order chi connectivity index (χ0) is 31.7. The van der Waals surface area contributed by atoms with Crippen LogP contribution in [0.25, 0.3) is 0 Å². The van der Waals surface area contributed by atoms with E-state index in [9.17, 15) is 14.4 Å². The summed E-state index contributed by atoms with van der Waals surface area (Å²) in [5.74, 6) is -2.06. The van der Waals surface area contributed by atoms with Crippen molar-refractivity contribution in [3.8, 4) is 0 Å². The number of nitrogens with zero attached hydrogens (tertiary/aromatic N) is 2. The molecular formula is C35H38Cl2FN3O4. The summed E-state index contributed by atoms with van der Waals surface area (Å²) in [4.78, 5) is 49.6. The van der Waals surface area contributed by atoms with Gasteiger partial charge in [0.05, 0.1) is 17.5 Å². The summed E-state index contributed by atoms with van der Waals surface area (Å²) >= 11 is 12.7. The minimum atomic E-state index is -1.17. The van der Waals surface area contributed by atoms with Crippen LogP contribution in [0.1, 0.15) is 102 Å². The van der Waals surface area contributed by atoms with Gasteiger partial charge in [0.15, 0.2) is 11.0 Å². The van der Waals surface area contributed by atoms with Crippen LogP contribution >= 0.6 is 23.2 Å². The van der Waals surface area contributed by atoms with Gasteiger partial charge >= 0.3 is 5.97 Å². The number of carbonyl (C=O) groups is 3. The molecule has 10 heteroatoms. The fourth-order valence-corrected chi connectivity index (χ4v) is 9.91. The Morgan fingerprint density at radius 1 is 1.07 bits per heavy atom. The maximum atomic E-state index is 16.1. The Morgan fingerprint density at radius 2 is 1.80 bits per heavy atom. The van der Waals surface area contributed by atoms with Crippen LogP contribution in [-0.4, -0.2) is 28.4 Å². The Bertz CT molecular complexity index is 1610. The van der Waals surface area contributed by atoms with Gasteiger partial charge in [0.25, 0.3) is 0 Å². The number of amides is 1. The third-order valence-corrected chi connectivity index (χ3v) is 12.4. The second kappa shape index (κ2) is 11.2. The number of nitrogens with one attached hydrogen (secondary N) is 1. The minimum Gasteiger partial charge on any atom is -0.325 e. The number of fused-ring (bicyclic) bond motifs is 3. The van der Waals surface area contributed by atoms with Crippen molar-refractivity contribution in [1.82, 2.24) is 4.98 Å². The summed E-state index contributed by atoms with van der Waals surface area (Å²) in [6.07, 6.45) is 9.26. The van der Waals surface area contributed by atoms with E-state index in [-0.39, 0.29) is 52.0 Å². The van der Waals surface area contributed by atoms with Crippen LogP contribution in [0.15, 0.2) is 35.6 Å². The molecule has 2 aliphatic heterocycles. The van der Waals surface area contributed by atoms with Crippen LogP contribution in [0.5, 0.6) is 0 Å². The number of hydrogen-bond donors (Lipinski definition) is 1. The molecule has 2 spiro atoms. The first-order chi connectivity index (χ1) is 21.4. The molecule has 238 valence electrons. The van der Waals surface area contributed by atoms with Gasteiger partial charge in [-0.25, -0.2) is 14.2 Å². The molecule has 7 nitrogen and oxygen atoms in total. The lowest BCUT2D eigenvalue weighted by Gasteiger charge is -2.51. The molecule has 45 heavy (non-hydrogen) atoms. The molecule has 1 N–H and O–H groups in total. The van der Waals surface area contributed by atoms with Crippen molar-refractivity contribution < 1.29 is 23.6 Å². The van der Waals surface area contributed by atoms with Crippen LogP contribution in [0.2, 0.25) is 10.2 Å². The van der Waals surface area contributed by atoms with Crippen molar-refractivity contribution in [1.29, 1.82) is 0 Å². The summed E-state index contributed by atoms with van der Waals surface area (Å²) in [6, 6.07) is 7.06. The van der Waals surface area contributed by atoms with E-state index in [0.29, 0.717) is 23.6 Å². The van der Waals surface area contributed by atoms with E-state index < -0.39 is 28.5 Å². The molecule has 0 saturated heterocycles. The highest BCUT2D eigenvalue weighted by atomic mass is 35.5. The number of carbonyl (C=O) groups excluding carboxylic acids is 3. The van der Waals surface area contributed by atoms with Crippen LogP contribution in [0.4, 0.5) is 10.1 Å². The van der Waals surface area contributed by atoms with Crippen LogP contribution < -0.4 is 5.32 Å². The Hall–Kier alpha value is -2.84. The van der Waals surface area contributed by atoms with E-state index in [0.717, 1.165) is 62.6 Å². The van der Waals surface area contributed by atoms with Crippen LogP contribution in [0.3, 0.4) is 0 Å². The van der Waals surface area contributed by atoms with Crippen molar-refractivity contribution in [2.75, 3.05) is 5.32 Å². The van der Waals surface area contributed by atoms with Crippen LogP contribution in [-0.2, 0) is 24.6 Å². The van der Waals surface area contributed by atoms with E-state index in [2.05, 4.69) is 29.3 Å². The van der Waals surface area contributed by atoms with E-state index in [1.165, 1.54) is 6.20 Å². The van der Waals surface area contributed by atoms with Crippen molar-refractivity contribution >= 4 is 52.3 Å². The molecule has 1 aromatic carbocycles. The lowest BCUT2D eigenvalue weighted by molar-refractivity contribution is -0.140. The number of halogens is 3. The van der Waals surface area contributed by atoms with Gasteiger partial charge in [0.1, 0.15) is 5.78 Å². The molecule has 1 amide bonds. The molecule has 1 aromatic heterocycles.